The van der Waals surface area contributed by atoms with E-state index in [-0.39, 0.29) is 11.1 Å². The molecule has 1 fully saturated rings. The molecule has 0 unspecified atom stereocenters. The molecular formula is C18H30N3O2S+. The monoisotopic (exact) mass is 352 g/mol. The van der Waals surface area contributed by atoms with Crippen LogP contribution in [-0.4, -0.2) is 36.5 Å². The van der Waals surface area contributed by atoms with Crippen molar-refractivity contribution in [3.63, 3.8) is 0 Å². The predicted molar refractivity (Wildman–Crippen MR) is 102 cm³/mol. The fourth-order valence-electron chi connectivity index (χ4n) is 3.88. The third-order valence-corrected chi connectivity index (χ3v) is 4.54. The maximum atomic E-state index is 5.53. The molecule has 1 aromatic carbocycles. The Morgan fingerprint density at radius 3 is 2.29 bits per heavy atom. The van der Waals surface area contributed by atoms with E-state index >= 15 is 0 Å². The summed E-state index contributed by atoms with van der Waals surface area (Å²) in [6.07, 6.45) is 2.13. The maximum Gasteiger partial charge on any atom is 0.171 e. The molecule has 1 aliphatic heterocycles. The van der Waals surface area contributed by atoms with Gasteiger partial charge in [-0.1, -0.05) is 0 Å². The Morgan fingerprint density at radius 1 is 1.12 bits per heavy atom. The molecule has 5 nitrogen and oxygen atoms in total. The van der Waals surface area contributed by atoms with Gasteiger partial charge < -0.3 is 25.4 Å². The van der Waals surface area contributed by atoms with E-state index in [1.165, 1.54) is 0 Å². The second-order valence-electron chi connectivity index (χ2n) is 7.89. The number of hydrogen-bond acceptors (Lipinski definition) is 3. The molecule has 0 atom stereocenters. The number of piperidine rings is 1. The Kier molecular flexibility index (Phi) is 5.60. The van der Waals surface area contributed by atoms with Crippen molar-refractivity contribution in [3.05, 3.63) is 18.2 Å². The molecule has 2 rings (SSSR count). The fraction of sp³-hybridized carbons (Fsp3) is 0.611. The third kappa shape index (κ3) is 4.98. The number of hydrogen-bond donors (Lipinski definition) is 3. The van der Waals surface area contributed by atoms with Crippen LogP contribution in [0.5, 0.6) is 11.5 Å². The molecule has 1 heterocycles. The van der Waals surface area contributed by atoms with Gasteiger partial charge in [0.25, 0.3) is 0 Å². The van der Waals surface area contributed by atoms with Crippen LogP contribution >= 0.6 is 12.2 Å². The van der Waals surface area contributed by atoms with Crippen LogP contribution in [0, 0.1) is 0 Å². The molecule has 1 aromatic rings. The number of benzene rings is 1. The van der Waals surface area contributed by atoms with Crippen molar-refractivity contribution in [2.75, 3.05) is 19.5 Å². The predicted octanol–water partition coefficient (Wildman–Crippen LogP) is 2.27. The van der Waals surface area contributed by atoms with Crippen molar-refractivity contribution >= 4 is 23.0 Å². The standard InChI is InChI=1S/C18H29N3O2S/c1-17(2)10-12(11-18(3,4)21-17)19-16(24)20-14-9-13(22-5)7-8-15(14)23-6/h7-9,12,21H,10-11H2,1-6H3,(H2,19,20,24)/p+1. The molecule has 1 saturated heterocycles. The molecule has 134 valence electrons. The number of methoxy groups -OCH3 is 2. The van der Waals surface area contributed by atoms with Gasteiger partial charge in [0, 0.05) is 24.9 Å². The second-order valence-corrected chi connectivity index (χ2v) is 8.30. The topological polar surface area (TPSA) is 59.1 Å². The van der Waals surface area contributed by atoms with Crippen LogP contribution in [0.4, 0.5) is 5.69 Å². The Bertz CT molecular complexity index is 586. The molecular weight excluding hydrogens is 322 g/mol. The lowest BCUT2D eigenvalue weighted by Gasteiger charge is -2.43. The summed E-state index contributed by atoms with van der Waals surface area (Å²) in [5.74, 6) is 1.49. The van der Waals surface area contributed by atoms with E-state index in [0.717, 1.165) is 30.0 Å². The summed E-state index contributed by atoms with van der Waals surface area (Å²) in [6, 6.07) is 5.96. The highest BCUT2D eigenvalue weighted by Crippen LogP contribution is 2.29. The van der Waals surface area contributed by atoms with Crippen molar-refractivity contribution < 1.29 is 14.8 Å². The quantitative estimate of drug-likeness (QED) is 0.726. The minimum absolute atomic E-state index is 0.197. The highest BCUT2D eigenvalue weighted by Gasteiger charge is 2.41. The van der Waals surface area contributed by atoms with Gasteiger partial charge in [-0.25, -0.2) is 0 Å². The fourth-order valence-corrected chi connectivity index (χ4v) is 4.15. The Hall–Kier alpha value is -1.53. The van der Waals surface area contributed by atoms with E-state index < -0.39 is 0 Å². The van der Waals surface area contributed by atoms with E-state index in [9.17, 15) is 0 Å². The highest BCUT2D eigenvalue weighted by molar-refractivity contribution is 7.80. The summed E-state index contributed by atoms with van der Waals surface area (Å²) in [6.45, 7) is 9.13. The molecule has 0 bridgehead atoms. The number of nitrogens with two attached hydrogens (primary N) is 1. The van der Waals surface area contributed by atoms with Crippen LogP contribution in [0.25, 0.3) is 0 Å². The number of anilines is 1. The van der Waals surface area contributed by atoms with Crippen LogP contribution in [0.15, 0.2) is 18.2 Å². The van der Waals surface area contributed by atoms with Crippen LogP contribution in [0.1, 0.15) is 40.5 Å². The first-order valence-electron chi connectivity index (χ1n) is 8.31. The van der Waals surface area contributed by atoms with E-state index in [1.807, 2.05) is 18.2 Å². The number of rotatable bonds is 4. The number of nitrogens with one attached hydrogen (secondary N) is 2. The Labute approximate surface area is 150 Å². The Balaban J connectivity index is 2.05. The van der Waals surface area contributed by atoms with Gasteiger partial charge in [-0.3, -0.25) is 0 Å². The summed E-state index contributed by atoms with van der Waals surface area (Å²) in [4.78, 5) is 0. The van der Waals surface area contributed by atoms with Gasteiger partial charge in [0.15, 0.2) is 5.11 Å². The molecule has 0 amide bonds. The molecule has 0 spiro atoms. The lowest BCUT2D eigenvalue weighted by molar-refractivity contribution is -0.787. The highest BCUT2D eigenvalue weighted by atomic mass is 32.1. The van der Waals surface area contributed by atoms with Gasteiger partial charge in [0.2, 0.25) is 0 Å². The first-order chi connectivity index (χ1) is 11.1. The van der Waals surface area contributed by atoms with Crippen LogP contribution < -0.4 is 25.4 Å². The normalized spacial score (nSPS) is 19.4. The molecule has 24 heavy (non-hydrogen) atoms. The lowest BCUT2D eigenvalue weighted by Crippen LogP contribution is -3.06. The van der Waals surface area contributed by atoms with Crippen molar-refractivity contribution in [1.82, 2.24) is 5.32 Å². The molecule has 1 aliphatic rings. The van der Waals surface area contributed by atoms with E-state index in [4.69, 9.17) is 21.7 Å². The van der Waals surface area contributed by atoms with Gasteiger partial charge in [-0.05, 0) is 52.0 Å². The third-order valence-electron chi connectivity index (χ3n) is 4.32. The minimum Gasteiger partial charge on any atom is -0.497 e. The van der Waals surface area contributed by atoms with Crippen LogP contribution in [0.3, 0.4) is 0 Å². The van der Waals surface area contributed by atoms with E-state index in [0.29, 0.717) is 11.2 Å². The molecule has 0 radical (unpaired) electrons. The minimum atomic E-state index is 0.197. The first kappa shape index (κ1) is 18.8. The zero-order chi connectivity index (χ0) is 18.0. The molecule has 6 heteroatoms. The zero-order valence-electron chi connectivity index (χ0n) is 15.5. The SMILES string of the molecule is COc1ccc(OC)c(NC(=S)NC2CC(C)(C)[NH2+]C(C)(C)C2)c1. The first-order valence-corrected chi connectivity index (χ1v) is 8.71. The van der Waals surface area contributed by atoms with Crippen LogP contribution in [0.2, 0.25) is 0 Å². The van der Waals surface area contributed by atoms with Crippen molar-refractivity contribution in [1.29, 1.82) is 0 Å². The molecule has 4 N–H and O–H groups in total. The second kappa shape index (κ2) is 7.15. The van der Waals surface area contributed by atoms with Gasteiger partial charge in [0.1, 0.15) is 11.5 Å². The summed E-state index contributed by atoms with van der Waals surface area (Å²) in [7, 11) is 3.29. The van der Waals surface area contributed by atoms with Gasteiger partial charge in [0.05, 0.1) is 31.0 Å². The molecule has 0 aromatic heterocycles. The lowest BCUT2D eigenvalue weighted by atomic mass is 9.80. The number of ether oxygens (including phenoxy) is 2. The average Bonchev–Trinajstić information content (AvgIpc) is 2.43. The van der Waals surface area contributed by atoms with Crippen LogP contribution in [-0.2, 0) is 0 Å². The summed E-state index contributed by atoms with van der Waals surface area (Å²) in [5, 5.41) is 9.78. The molecule has 0 saturated carbocycles. The number of quaternary nitrogens is 1. The van der Waals surface area contributed by atoms with Crippen molar-refractivity contribution in [2.24, 2.45) is 0 Å². The Morgan fingerprint density at radius 2 is 1.75 bits per heavy atom. The number of thiocarbonyl (C=S) groups is 1. The summed E-state index contributed by atoms with van der Waals surface area (Å²) >= 11 is 5.53. The van der Waals surface area contributed by atoms with Gasteiger partial charge in [-0.2, -0.15) is 0 Å². The smallest absolute Gasteiger partial charge is 0.171 e. The van der Waals surface area contributed by atoms with Gasteiger partial charge >= 0.3 is 0 Å². The van der Waals surface area contributed by atoms with Gasteiger partial charge in [-0.15, -0.1) is 0 Å². The van der Waals surface area contributed by atoms with Crippen molar-refractivity contribution in [3.8, 4) is 11.5 Å². The summed E-state index contributed by atoms with van der Waals surface area (Å²) in [5.41, 5.74) is 1.20. The van der Waals surface area contributed by atoms with E-state index in [1.54, 1.807) is 14.2 Å². The van der Waals surface area contributed by atoms with Crippen molar-refractivity contribution in [2.45, 2.75) is 57.7 Å². The largest absolute Gasteiger partial charge is 0.497 e. The maximum absolute atomic E-state index is 5.53. The van der Waals surface area contributed by atoms with E-state index in [2.05, 4.69) is 43.6 Å². The molecule has 0 aliphatic carbocycles. The summed E-state index contributed by atoms with van der Waals surface area (Å²) < 4.78 is 10.7. The zero-order valence-corrected chi connectivity index (χ0v) is 16.3. The average molecular weight is 353 g/mol.